The summed E-state index contributed by atoms with van der Waals surface area (Å²) in [4.78, 5) is 11.6. The SMILES string of the molecule is O=C(CCOCCOCCOCCOCCOCCOCCOCCOCCOCCOC1CCCCO1)Oc1c(F)c(F)c(F)c(F)c1F. The molecule has 18 heteroatoms. The summed E-state index contributed by atoms with van der Waals surface area (Å²) in [7, 11) is 0. The Kier molecular flexibility index (Phi) is 26.0. The van der Waals surface area contributed by atoms with Crippen LogP contribution in [0.3, 0.4) is 0 Å². The van der Waals surface area contributed by atoms with Gasteiger partial charge in [-0.3, -0.25) is 4.79 Å². The summed E-state index contributed by atoms with van der Waals surface area (Å²) in [5.74, 6) is -14.1. The van der Waals surface area contributed by atoms with Crippen LogP contribution in [0.5, 0.6) is 5.75 Å². The number of hydrogen-bond acceptors (Lipinski definition) is 13. The van der Waals surface area contributed by atoms with E-state index in [2.05, 4.69) is 4.74 Å². The van der Waals surface area contributed by atoms with Crippen LogP contribution in [0.15, 0.2) is 0 Å². The van der Waals surface area contributed by atoms with E-state index in [-0.39, 0.29) is 32.7 Å². The molecule has 0 spiro atoms. The number of hydrogen-bond donors (Lipinski definition) is 0. The molecule has 1 unspecified atom stereocenters. The van der Waals surface area contributed by atoms with Gasteiger partial charge in [-0.15, -0.1) is 0 Å². The van der Waals surface area contributed by atoms with Gasteiger partial charge in [-0.25, -0.2) is 13.2 Å². The fourth-order valence-electron chi connectivity index (χ4n) is 3.94. The van der Waals surface area contributed by atoms with Gasteiger partial charge >= 0.3 is 5.97 Å². The van der Waals surface area contributed by atoms with E-state index in [4.69, 9.17) is 52.1 Å². The Labute approximate surface area is 288 Å². The van der Waals surface area contributed by atoms with Crippen LogP contribution >= 0.6 is 0 Å². The summed E-state index contributed by atoms with van der Waals surface area (Å²) in [5.41, 5.74) is 0. The Morgan fingerprint density at radius 2 is 0.820 bits per heavy atom. The van der Waals surface area contributed by atoms with Crippen molar-refractivity contribution in [3.63, 3.8) is 0 Å². The van der Waals surface area contributed by atoms with E-state index < -0.39 is 47.2 Å². The first-order chi connectivity index (χ1) is 24.4. The number of ether oxygens (including phenoxy) is 12. The second kappa shape index (κ2) is 29.5. The van der Waals surface area contributed by atoms with Gasteiger partial charge in [0.05, 0.1) is 132 Å². The quantitative estimate of drug-likeness (QED) is 0.0268. The average molecular weight is 737 g/mol. The summed E-state index contributed by atoms with van der Waals surface area (Å²) >= 11 is 0. The molecule has 0 aromatic heterocycles. The van der Waals surface area contributed by atoms with Crippen molar-refractivity contribution in [3.05, 3.63) is 29.1 Å². The molecule has 2 rings (SSSR count). The molecule has 1 aromatic carbocycles. The lowest BCUT2D eigenvalue weighted by molar-refractivity contribution is -0.169. The fourth-order valence-corrected chi connectivity index (χ4v) is 3.94. The van der Waals surface area contributed by atoms with Crippen LogP contribution in [0.2, 0.25) is 0 Å². The van der Waals surface area contributed by atoms with Gasteiger partial charge in [-0.05, 0) is 19.3 Å². The number of halogens is 5. The van der Waals surface area contributed by atoms with Crippen molar-refractivity contribution >= 4 is 5.97 Å². The van der Waals surface area contributed by atoms with Gasteiger partial charge in [0.1, 0.15) is 0 Å². The van der Waals surface area contributed by atoms with E-state index in [1.807, 2.05) is 0 Å². The van der Waals surface area contributed by atoms with E-state index in [0.29, 0.717) is 99.1 Å². The molecular weight excluding hydrogens is 687 g/mol. The van der Waals surface area contributed by atoms with Crippen molar-refractivity contribution in [2.75, 3.05) is 132 Å². The van der Waals surface area contributed by atoms with Crippen LogP contribution in [0.25, 0.3) is 0 Å². The monoisotopic (exact) mass is 736 g/mol. The lowest BCUT2D eigenvalue weighted by Crippen LogP contribution is -2.24. The molecule has 1 aliphatic heterocycles. The molecule has 1 saturated heterocycles. The van der Waals surface area contributed by atoms with Gasteiger partial charge < -0.3 is 56.8 Å². The molecule has 0 amide bonds. The maximum Gasteiger partial charge on any atom is 0.313 e. The molecule has 290 valence electrons. The number of benzene rings is 1. The molecule has 0 aliphatic carbocycles. The molecule has 1 heterocycles. The Morgan fingerprint density at radius 1 is 0.480 bits per heavy atom. The first-order valence-corrected chi connectivity index (χ1v) is 16.6. The zero-order valence-electron chi connectivity index (χ0n) is 28.2. The Hall–Kier alpha value is -2.10. The van der Waals surface area contributed by atoms with E-state index in [1.54, 1.807) is 0 Å². The third-order valence-corrected chi connectivity index (χ3v) is 6.48. The van der Waals surface area contributed by atoms with Gasteiger partial charge in [0, 0.05) is 6.61 Å². The highest BCUT2D eigenvalue weighted by molar-refractivity contribution is 5.72. The van der Waals surface area contributed by atoms with Crippen molar-refractivity contribution in [1.29, 1.82) is 0 Å². The first kappa shape index (κ1) is 44.1. The van der Waals surface area contributed by atoms with Gasteiger partial charge in [-0.2, -0.15) is 8.78 Å². The van der Waals surface area contributed by atoms with Crippen molar-refractivity contribution in [2.24, 2.45) is 0 Å². The van der Waals surface area contributed by atoms with Crippen molar-refractivity contribution in [3.8, 4) is 5.75 Å². The molecule has 0 bridgehead atoms. The lowest BCUT2D eigenvalue weighted by Gasteiger charge is -2.22. The largest absolute Gasteiger partial charge is 0.420 e. The van der Waals surface area contributed by atoms with Crippen molar-refractivity contribution in [1.82, 2.24) is 0 Å². The summed E-state index contributed by atoms with van der Waals surface area (Å²) in [6, 6.07) is 0. The normalized spacial score (nSPS) is 14.8. The van der Waals surface area contributed by atoms with E-state index in [9.17, 15) is 26.7 Å². The maximum atomic E-state index is 13.5. The third-order valence-electron chi connectivity index (χ3n) is 6.48. The zero-order chi connectivity index (χ0) is 36.1. The van der Waals surface area contributed by atoms with E-state index >= 15 is 0 Å². The molecule has 1 atom stereocenters. The van der Waals surface area contributed by atoms with Crippen molar-refractivity contribution in [2.45, 2.75) is 32.0 Å². The highest BCUT2D eigenvalue weighted by Gasteiger charge is 2.28. The van der Waals surface area contributed by atoms with E-state index in [0.717, 1.165) is 25.9 Å². The minimum Gasteiger partial charge on any atom is -0.420 e. The molecule has 0 N–H and O–H groups in total. The summed E-state index contributed by atoms with van der Waals surface area (Å²) in [6.45, 7) is 7.72. The fraction of sp³-hybridized carbons (Fsp3) is 0.781. The molecule has 13 nitrogen and oxygen atoms in total. The van der Waals surface area contributed by atoms with Crippen LogP contribution in [0.1, 0.15) is 25.7 Å². The number of esters is 1. The highest BCUT2D eigenvalue weighted by Crippen LogP contribution is 2.29. The molecule has 1 aromatic rings. The predicted molar refractivity (Wildman–Crippen MR) is 163 cm³/mol. The smallest absolute Gasteiger partial charge is 0.313 e. The molecule has 0 saturated carbocycles. The predicted octanol–water partition coefficient (Wildman–Crippen LogP) is 3.37. The minimum absolute atomic E-state index is 0.0821. The van der Waals surface area contributed by atoms with Crippen molar-refractivity contribution < 1.29 is 83.6 Å². The number of carbonyl (C=O) groups is 1. The third kappa shape index (κ3) is 20.7. The van der Waals surface area contributed by atoms with Crippen LogP contribution in [0.4, 0.5) is 22.0 Å². The van der Waals surface area contributed by atoms with Crippen LogP contribution in [-0.4, -0.2) is 144 Å². The summed E-state index contributed by atoms with van der Waals surface area (Å²) in [6.07, 6.45) is 2.61. The van der Waals surface area contributed by atoms with Crippen LogP contribution in [-0.2, 0) is 56.9 Å². The summed E-state index contributed by atoms with van der Waals surface area (Å²) < 4.78 is 130. The zero-order valence-corrected chi connectivity index (χ0v) is 28.2. The second-order valence-electron chi connectivity index (χ2n) is 10.3. The molecule has 50 heavy (non-hydrogen) atoms. The lowest BCUT2D eigenvalue weighted by atomic mass is 10.2. The minimum atomic E-state index is -2.35. The second-order valence-corrected chi connectivity index (χ2v) is 10.3. The number of rotatable bonds is 32. The standard InChI is InChI=1S/C32H49F5O13/c33-27-28(34)30(36)32(31(37)29(27)35)50-25(38)4-6-39-7-8-40-9-10-41-11-12-42-13-14-43-15-16-44-17-18-45-19-20-46-21-22-47-23-24-49-26-3-1-2-5-48-26/h26H,1-24H2. The van der Waals surface area contributed by atoms with Gasteiger partial charge in [-0.1, -0.05) is 0 Å². The van der Waals surface area contributed by atoms with Crippen LogP contribution in [0, 0.1) is 29.1 Å². The van der Waals surface area contributed by atoms with Crippen LogP contribution < -0.4 is 4.74 Å². The van der Waals surface area contributed by atoms with Gasteiger partial charge in [0.2, 0.25) is 34.8 Å². The average Bonchev–Trinajstić information content (AvgIpc) is 3.13. The van der Waals surface area contributed by atoms with E-state index in [1.165, 1.54) is 0 Å². The topological polar surface area (TPSA) is 128 Å². The Balaban J connectivity index is 1.21. The van der Waals surface area contributed by atoms with Gasteiger partial charge in [0.15, 0.2) is 6.29 Å². The summed E-state index contributed by atoms with van der Waals surface area (Å²) in [5, 5.41) is 0. The van der Waals surface area contributed by atoms with Gasteiger partial charge in [0.25, 0.3) is 0 Å². The maximum absolute atomic E-state index is 13.5. The molecule has 1 aliphatic rings. The highest BCUT2D eigenvalue weighted by atomic mass is 19.2. The Bertz CT molecular complexity index is 992. The molecule has 0 radical (unpaired) electrons. The molecular formula is C32H49F5O13. The number of carbonyl (C=O) groups excluding carboxylic acids is 1. The first-order valence-electron chi connectivity index (χ1n) is 16.6. The Morgan fingerprint density at radius 3 is 1.18 bits per heavy atom. The molecule has 1 fully saturated rings.